The molecule has 2 fully saturated rings. The first-order chi connectivity index (χ1) is 10.9. The molecule has 2 N–H and O–H groups in total. The number of ether oxygens (including phenoxy) is 1. The normalized spacial score (nSPS) is 28.3. The van der Waals surface area contributed by atoms with Crippen LogP contribution in [0, 0.1) is 11.8 Å². The van der Waals surface area contributed by atoms with Crippen molar-refractivity contribution >= 4 is 16.0 Å². The summed E-state index contributed by atoms with van der Waals surface area (Å²) in [5.41, 5.74) is 6.25. The smallest absolute Gasteiger partial charge is 0.339 e. The molecule has 1 aliphatic carbocycles. The van der Waals surface area contributed by atoms with Gasteiger partial charge in [-0.05, 0) is 36.8 Å². The predicted molar refractivity (Wildman–Crippen MR) is 85.3 cm³/mol. The molecular formula is C16H22N2O4S. The van der Waals surface area contributed by atoms with E-state index in [1.165, 1.54) is 23.5 Å². The Morgan fingerprint density at radius 3 is 2.70 bits per heavy atom. The Labute approximate surface area is 136 Å². The highest BCUT2D eigenvalue weighted by molar-refractivity contribution is 7.89. The van der Waals surface area contributed by atoms with E-state index in [9.17, 15) is 13.2 Å². The monoisotopic (exact) mass is 338 g/mol. The number of carbonyl (C=O) groups excluding carboxylic acids is 1. The van der Waals surface area contributed by atoms with Crippen molar-refractivity contribution in [1.29, 1.82) is 0 Å². The van der Waals surface area contributed by atoms with Crippen LogP contribution in [0.1, 0.15) is 29.6 Å². The largest absolute Gasteiger partial charge is 0.465 e. The fraction of sp³-hybridized carbons (Fsp3) is 0.562. The standard InChI is InChI=1S/C16H22N2O4S/c1-22-16(19)12-6-2-3-8-15(12)23(20,21)18-9-11-5-4-7-14(17)13(11)10-18/h2-3,6,8,11,13-14H,4-5,7,9-10,17H2,1H3. The van der Waals surface area contributed by atoms with E-state index in [0.29, 0.717) is 19.0 Å². The van der Waals surface area contributed by atoms with E-state index in [1.807, 2.05) is 0 Å². The molecule has 1 heterocycles. The SMILES string of the molecule is COC(=O)c1ccccc1S(=O)(=O)N1CC2CCCC(N)C2C1. The van der Waals surface area contributed by atoms with Gasteiger partial charge in [-0.3, -0.25) is 0 Å². The summed E-state index contributed by atoms with van der Waals surface area (Å²) in [6.45, 7) is 0.917. The summed E-state index contributed by atoms with van der Waals surface area (Å²) in [5.74, 6) is -0.111. The molecule has 3 unspecified atom stereocenters. The number of sulfonamides is 1. The molecule has 0 bridgehead atoms. The lowest BCUT2D eigenvalue weighted by atomic mass is 9.78. The fourth-order valence-electron chi connectivity index (χ4n) is 3.78. The lowest BCUT2D eigenvalue weighted by Gasteiger charge is -2.29. The van der Waals surface area contributed by atoms with Crippen LogP contribution in [0.3, 0.4) is 0 Å². The third kappa shape index (κ3) is 2.88. The van der Waals surface area contributed by atoms with Crippen molar-refractivity contribution in [2.75, 3.05) is 20.2 Å². The van der Waals surface area contributed by atoms with E-state index in [1.54, 1.807) is 12.1 Å². The van der Waals surface area contributed by atoms with E-state index < -0.39 is 16.0 Å². The number of benzene rings is 1. The maximum Gasteiger partial charge on any atom is 0.339 e. The molecule has 1 saturated carbocycles. The van der Waals surface area contributed by atoms with Crippen molar-refractivity contribution in [2.45, 2.75) is 30.2 Å². The van der Waals surface area contributed by atoms with Crippen LogP contribution in [0.25, 0.3) is 0 Å². The molecule has 0 spiro atoms. The second-order valence-electron chi connectivity index (χ2n) is 6.33. The van der Waals surface area contributed by atoms with Gasteiger partial charge in [0.1, 0.15) is 0 Å². The summed E-state index contributed by atoms with van der Waals surface area (Å²) in [6.07, 6.45) is 3.02. The Hall–Kier alpha value is -1.44. The number of carbonyl (C=O) groups is 1. The zero-order chi connectivity index (χ0) is 16.6. The number of hydrogen-bond acceptors (Lipinski definition) is 5. The molecule has 0 radical (unpaired) electrons. The Morgan fingerprint density at radius 2 is 2.00 bits per heavy atom. The summed E-state index contributed by atoms with van der Waals surface area (Å²) in [6, 6.07) is 6.25. The van der Waals surface area contributed by atoms with Crippen LogP contribution < -0.4 is 5.73 Å². The Balaban J connectivity index is 1.93. The molecule has 0 aromatic heterocycles. The summed E-state index contributed by atoms with van der Waals surface area (Å²) >= 11 is 0. The van der Waals surface area contributed by atoms with E-state index in [2.05, 4.69) is 0 Å². The number of nitrogens with zero attached hydrogens (tertiary/aromatic N) is 1. The van der Waals surface area contributed by atoms with Gasteiger partial charge in [-0.15, -0.1) is 0 Å². The number of nitrogens with two attached hydrogens (primary N) is 1. The van der Waals surface area contributed by atoms with Crippen molar-refractivity contribution in [3.63, 3.8) is 0 Å². The van der Waals surface area contributed by atoms with Gasteiger partial charge in [0.25, 0.3) is 0 Å². The molecule has 126 valence electrons. The zero-order valence-corrected chi connectivity index (χ0v) is 14.0. The molecule has 2 aliphatic rings. The minimum atomic E-state index is -3.73. The van der Waals surface area contributed by atoms with E-state index in [0.717, 1.165) is 19.3 Å². The molecule has 7 heteroatoms. The quantitative estimate of drug-likeness (QED) is 0.837. The Bertz CT molecular complexity index is 704. The van der Waals surface area contributed by atoms with E-state index in [4.69, 9.17) is 10.5 Å². The molecule has 1 aliphatic heterocycles. The number of hydrogen-bond donors (Lipinski definition) is 1. The maximum atomic E-state index is 13.0. The van der Waals surface area contributed by atoms with Gasteiger partial charge in [-0.1, -0.05) is 18.6 Å². The number of fused-ring (bicyclic) bond motifs is 1. The van der Waals surface area contributed by atoms with E-state index >= 15 is 0 Å². The molecule has 3 atom stereocenters. The second kappa shape index (κ2) is 6.22. The topological polar surface area (TPSA) is 89.7 Å². The van der Waals surface area contributed by atoms with Gasteiger partial charge < -0.3 is 10.5 Å². The zero-order valence-electron chi connectivity index (χ0n) is 13.1. The van der Waals surface area contributed by atoms with Gasteiger partial charge in [-0.25, -0.2) is 13.2 Å². The third-order valence-electron chi connectivity index (χ3n) is 5.03. The van der Waals surface area contributed by atoms with Crippen molar-refractivity contribution in [3.05, 3.63) is 29.8 Å². The van der Waals surface area contributed by atoms with Crippen molar-refractivity contribution in [3.8, 4) is 0 Å². The Kier molecular flexibility index (Phi) is 4.44. The summed E-state index contributed by atoms with van der Waals surface area (Å²) < 4.78 is 32.2. The molecule has 1 aromatic carbocycles. The van der Waals surface area contributed by atoms with Gasteiger partial charge >= 0.3 is 5.97 Å². The fourth-order valence-corrected chi connectivity index (χ4v) is 5.50. The highest BCUT2D eigenvalue weighted by atomic mass is 32.2. The van der Waals surface area contributed by atoms with Gasteiger partial charge in [0.2, 0.25) is 10.0 Å². The number of rotatable bonds is 3. The van der Waals surface area contributed by atoms with Gasteiger partial charge in [0.05, 0.1) is 17.6 Å². The minimum absolute atomic E-state index is 0.0130. The van der Waals surface area contributed by atoms with Gasteiger partial charge in [-0.2, -0.15) is 4.31 Å². The lowest BCUT2D eigenvalue weighted by Crippen LogP contribution is -2.38. The number of esters is 1. The van der Waals surface area contributed by atoms with Crippen molar-refractivity contribution in [2.24, 2.45) is 17.6 Å². The van der Waals surface area contributed by atoms with Crippen LogP contribution in [-0.4, -0.2) is 44.9 Å². The van der Waals surface area contributed by atoms with Crippen LogP contribution in [-0.2, 0) is 14.8 Å². The highest BCUT2D eigenvalue weighted by Gasteiger charge is 2.44. The lowest BCUT2D eigenvalue weighted by molar-refractivity contribution is 0.0596. The second-order valence-corrected chi connectivity index (χ2v) is 8.23. The Morgan fingerprint density at radius 1 is 1.26 bits per heavy atom. The predicted octanol–water partition coefficient (Wildman–Crippen LogP) is 1.22. The highest BCUT2D eigenvalue weighted by Crippen LogP contribution is 2.38. The molecule has 3 rings (SSSR count). The van der Waals surface area contributed by atoms with Crippen LogP contribution in [0.5, 0.6) is 0 Å². The van der Waals surface area contributed by atoms with E-state index in [-0.39, 0.29) is 22.4 Å². The average molecular weight is 338 g/mol. The maximum absolute atomic E-state index is 13.0. The molecule has 23 heavy (non-hydrogen) atoms. The minimum Gasteiger partial charge on any atom is -0.465 e. The van der Waals surface area contributed by atoms with Crippen LogP contribution in [0.15, 0.2) is 29.2 Å². The van der Waals surface area contributed by atoms with Gasteiger partial charge in [0.15, 0.2) is 0 Å². The van der Waals surface area contributed by atoms with Crippen LogP contribution in [0.2, 0.25) is 0 Å². The summed E-state index contributed by atoms with van der Waals surface area (Å²) in [4.78, 5) is 11.9. The number of methoxy groups -OCH3 is 1. The first-order valence-electron chi connectivity index (χ1n) is 7.88. The van der Waals surface area contributed by atoms with Crippen molar-refractivity contribution in [1.82, 2.24) is 4.31 Å². The molecule has 1 saturated heterocycles. The van der Waals surface area contributed by atoms with Crippen molar-refractivity contribution < 1.29 is 17.9 Å². The molecule has 6 nitrogen and oxygen atoms in total. The third-order valence-corrected chi connectivity index (χ3v) is 6.92. The van der Waals surface area contributed by atoms with Gasteiger partial charge in [0, 0.05) is 19.1 Å². The first-order valence-corrected chi connectivity index (χ1v) is 9.32. The first kappa shape index (κ1) is 16.4. The molecule has 0 amide bonds. The summed E-state index contributed by atoms with van der Waals surface area (Å²) in [5, 5.41) is 0. The molecular weight excluding hydrogens is 316 g/mol. The van der Waals surface area contributed by atoms with Crippen LogP contribution in [0.4, 0.5) is 0 Å². The average Bonchev–Trinajstić information content (AvgIpc) is 3.00. The summed E-state index contributed by atoms with van der Waals surface area (Å²) in [7, 11) is -2.48. The molecule has 1 aromatic rings. The van der Waals surface area contributed by atoms with Crippen LogP contribution >= 0.6 is 0 Å².